The van der Waals surface area contributed by atoms with Crippen LogP contribution in [-0.4, -0.2) is 17.9 Å². The van der Waals surface area contributed by atoms with Crippen LogP contribution in [0.4, 0.5) is 4.39 Å². The largest absolute Gasteiger partial charge is 0.491 e. The first-order valence-corrected chi connectivity index (χ1v) is 7.09. The molecule has 5 nitrogen and oxygen atoms in total. The van der Waals surface area contributed by atoms with E-state index in [2.05, 4.69) is 10.9 Å². The Bertz CT molecular complexity index is 699. The lowest BCUT2D eigenvalue weighted by Crippen LogP contribution is -2.41. The number of rotatable bonds is 4. The summed E-state index contributed by atoms with van der Waals surface area (Å²) in [5, 5.41) is 0. The van der Waals surface area contributed by atoms with Crippen LogP contribution in [0.15, 0.2) is 48.5 Å². The Morgan fingerprint density at radius 1 is 0.957 bits per heavy atom. The summed E-state index contributed by atoms with van der Waals surface area (Å²) in [7, 11) is 0. The van der Waals surface area contributed by atoms with E-state index in [4.69, 9.17) is 4.74 Å². The first-order valence-electron chi connectivity index (χ1n) is 7.09. The third-order valence-corrected chi connectivity index (χ3v) is 2.90. The number of hydrazine groups is 1. The molecule has 0 spiro atoms. The van der Waals surface area contributed by atoms with Gasteiger partial charge in [-0.3, -0.25) is 20.4 Å². The lowest BCUT2D eigenvalue weighted by molar-refractivity contribution is 0.0844. The van der Waals surface area contributed by atoms with Gasteiger partial charge in [-0.05, 0) is 50.2 Å². The van der Waals surface area contributed by atoms with E-state index in [1.54, 1.807) is 24.3 Å². The molecule has 0 aliphatic carbocycles. The maximum atomic E-state index is 13.4. The van der Waals surface area contributed by atoms with Gasteiger partial charge in [0, 0.05) is 5.56 Å². The van der Waals surface area contributed by atoms with Crippen LogP contribution in [0.25, 0.3) is 0 Å². The van der Waals surface area contributed by atoms with E-state index in [0.29, 0.717) is 11.3 Å². The number of carbonyl (C=O) groups is 2. The van der Waals surface area contributed by atoms with Gasteiger partial charge in [-0.25, -0.2) is 4.39 Å². The zero-order valence-corrected chi connectivity index (χ0v) is 12.8. The van der Waals surface area contributed by atoms with Crippen molar-refractivity contribution in [1.82, 2.24) is 10.9 Å². The normalized spacial score (nSPS) is 10.3. The second kappa shape index (κ2) is 7.40. The predicted molar refractivity (Wildman–Crippen MR) is 83.5 cm³/mol. The second-order valence-corrected chi connectivity index (χ2v) is 5.08. The van der Waals surface area contributed by atoms with Crippen LogP contribution in [0.2, 0.25) is 0 Å². The van der Waals surface area contributed by atoms with Gasteiger partial charge < -0.3 is 4.74 Å². The van der Waals surface area contributed by atoms with Gasteiger partial charge in [0.1, 0.15) is 11.6 Å². The second-order valence-electron chi connectivity index (χ2n) is 5.08. The van der Waals surface area contributed by atoms with Crippen molar-refractivity contribution in [2.24, 2.45) is 0 Å². The van der Waals surface area contributed by atoms with E-state index in [0.717, 1.165) is 0 Å². The van der Waals surface area contributed by atoms with Crippen molar-refractivity contribution in [2.45, 2.75) is 20.0 Å². The molecule has 0 fully saturated rings. The maximum absolute atomic E-state index is 13.4. The van der Waals surface area contributed by atoms with Crippen molar-refractivity contribution in [1.29, 1.82) is 0 Å². The average molecular weight is 316 g/mol. The van der Waals surface area contributed by atoms with Crippen LogP contribution in [0.5, 0.6) is 5.75 Å². The minimum atomic E-state index is -0.726. The monoisotopic (exact) mass is 316 g/mol. The maximum Gasteiger partial charge on any atom is 0.272 e. The highest BCUT2D eigenvalue weighted by Gasteiger charge is 2.12. The third-order valence-electron chi connectivity index (χ3n) is 2.90. The molecular formula is C17H17FN2O3. The van der Waals surface area contributed by atoms with E-state index in [-0.39, 0.29) is 11.7 Å². The van der Waals surface area contributed by atoms with Gasteiger partial charge in [-0.2, -0.15) is 0 Å². The van der Waals surface area contributed by atoms with Gasteiger partial charge in [-0.1, -0.05) is 12.1 Å². The van der Waals surface area contributed by atoms with Crippen LogP contribution >= 0.6 is 0 Å². The number of hydrogen-bond donors (Lipinski definition) is 2. The third kappa shape index (κ3) is 4.54. The smallest absolute Gasteiger partial charge is 0.272 e. The van der Waals surface area contributed by atoms with Crippen LogP contribution in [0, 0.1) is 5.82 Å². The topological polar surface area (TPSA) is 67.4 Å². The zero-order valence-electron chi connectivity index (χ0n) is 12.8. The molecule has 0 aliphatic heterocycles. The van der Waals surface area contributed by atoms with Crippen molar-refractivity contribution in [3.63, 3.8) is 0 Å². The fraction of sp³-hybridized carbons (Fsp3) is 0.176. The first-order chi connectivity index (χ1) is 11.0. The van der Waals surface area contributed by atoms with E-state index < -0.39 is 17.6 Å². The lowest BCUT2D eigenvalue weighted by Gasteiger charge is -2.11. The molecule has 2 N–H and O–H groups in total. The summed E-state index contributed by atoms with van der Waals surface area (Å²) >= 11 is 0. The summed E-state index contributed by atoms with van der Waals surface area (Å²) in [6, 6.07) is 12.0. The average Bonchev–Trinajstić information content (AvgIpc) is 2.53. The van der Waals surface area contributed by atoms with Gasteiger partial charge in [0.25, 0.3) is 11.8 Å². The van der Waals surface area contributed by atoms with Crippen molar-refractivity contribution in [2.75, 3.05) is 0 Å². The highest BCUT2D eigenvalue weighted by molar-refractivity contribution is 5.99. The fourth-order valence-electron chi connectivity index (χ4n) is 1.86. The van der Waals surface area contributed by atoms with Crippen LogP contribution < -0.4 is 15.6 Å². The first kappa shape index (κ1) is 16.5. The Morgan fingerprint density at radius 3 is 2.17 bits per heavy atom. The minimum Gasteiger partial charge on any atom is -0.491 e. The molecule has 2 aromatic carbocycles. The molecule has 120 valence electrons. The molecule has 2 amide bonds. The zero-order chi connectivity index (χ0) is 16.8. The Morgan fingerprint density at radius 2 is 1.57 bits per heavy atom. The van der Waals surface area contributed by atoms with Crippen molar-refractivity contribution >= 4 is 11.8 Å². The lowest BCUT2D eigenvalue weighted by atomic mass is 10.2. The molecule has 0 bridgehead atoms. The number of amides is 2. The van der Waals surface area contributed by atoms with E-state index in [1.807, 2.05) is 13.8 Å². The number of ether oxygens (including phenoxy) is 1. The molecule has 0 aromatic heterocycles. The molecule has 0 atom stereocenters. The van der Waals surface area contributed by atoms with Gasteiger partial charge >= 0.3 is 0 Å². The van der Waals surface area contributed by atoms with Gasteiger partial charge in [-0.15, -0.1) is 0 Å². The molecule has 0 aliphatic rings. The predicted octanol–water partition coefficient (Wildman–Crippen LogP) is 2.69. The number of carbonyl (C=O) groups excluding carboxylic acids is 2. The summed E-state index contributed by atoms with van der Waals surface area (Å²) in [5.41, 5.74) is 4.61. The standard InChI is InChI=1S/C17H17FN2O3/c1-11(2)23-13-9-7-12(8-10-13)16(21)19-20-17(22)14-5-3-4-6-15(14)18/h3-11H,1-2H3,(H,19,21)(H,20,22). The number of benzene rings is 2. The molecule has 2 aromatic rings. The summed E-state index contributed by atoms with van der Waals surface area (Å²) in [6.07, 6.45) is 0.0368. The molecule has 6 heteroatoms. The summed E-state index contributed by atoms with van der Waals surface area (Å²) < 4.78 is 18.9. The molecule has 0 saturated carbocycles. The van der Waals surface area contributed by atoms with Crippen molar-refractivity contribution in [3.8, 4) is 5.75 Å². The van der Waals surface area contributed by atoms with Crippen molar-refractivity contribution < 1.29 is 18.7 Å². The summed E-state index contributed by atoms with van der Waals surface area (Å²) in [4.78, 5) is 23.7. The van der Waals surface area contributed by atoms with E-state index >= 15 is 0 Å². The highest BCUT2D eigenvalue weighted by atomic mass is 19.1. The van der Waals surface area contributed by atoms with E-state index in [9.17, 15) is 14.0 Å². The number of nitrogens with one attached hydrogen (secondary N) is 2. The molecule has 0 saturated heterocycles. The van der Waals surface area contributed by atoms with Gasteiger partial charge in [0.15, 0.2) is 0 Å². The Balaban J connectivity index is 1.94. The Kier molecular flexibility index (Phi) is 5.30. The molecule has 23 heavy (non-hydrogen) atoms. The molecular weight excluding hydrogens is 299 g/mol. The van der Waals surface area contributed by atoms with Gasteiger partial charge in [0.2, 0.25) is 0 Å². The molecule has 0 radical (unpaired) electrons. The molecule has 0 unspecified atom stereocenters. The van der Waals surface area contributed by atoms with Crippen LogP contribution in [0.1, 0.15) is 34.6 Å². The van der Waals surface area contributed by atoms with Crippen LogP contribution in [0.3, 0.4) is 0 Å². The van der Waals surface area contributed by atoms with E-state index in [1.165, 1.54) is 24.3 Å². The number of halogens is 1. The Hall–Kier alpha value is -2.89. The summed E-state index contributed by atoms with van der Waals surface area (Å²) in [6.45, 7) is 3.80. The quantitative estimate of drug-likeness (QED) is 0.852. The molecule has 0 heterocycles. The number of hydrogen-bond acceptors (Lipinski definition) is 3. The minimum absolute atomic E-state index is 0.0368. The molecule has 2 rings (SSSR count). The van der Waals surface area contributed by atoms with Gasteiger partial charge in [0.05, 0.1) is 11.7 Å². The Labute approximate surface area is 133 Å². The highest BCUT2D eigenvalue weighted by Crippen LogP contribution is 2.13. The summed E-state index contributed by atoms with van der Waals surface area (Å²) in [5.74, 6) is -1.25. The fourth-order valence-corrected chi connectivity index (χ4v) is 1.86. The SMILES string of the molecule is CC(C)Oc1ccc(C(=O)NNC(=O)c2ccccc2F)cc1. The van der Waals surface area contributed by atoms with Crippen molar-refractivity contribution in [3.05, 3.63) is 65.5 Å². The van der Waals surface area contributed by atoms with Crippen LogP contribution in [-0.2, 0) is 0 Å².